The van der Waals surface area contributed by atoms with Gasteiger partial charge >= 0.3 is 0 Å². The summed E-state index contributed by atoms with van der Waals surface area (Å²) in [7, 11) is 0. The van der Waals surface area contributed by atoms with Crippen LogP contribution in [0.2, 0.25) is 10.0 Å². The summed E-state index contributed by atoms with van der Waals surface area (Å²) in [4.78, 5) is 28.3. The molecule has 120 valence electrons. The molecule has 2 amide bonds. The van der Waals surface area contributed by atoms with E-state index in [1.54, 1.807) is 18.2 Å². The van der Waals surface area contributed by atoms with Crippen LogP contribution in [-0.4, -0.2) is 26.6 Å². The molecule has 1 aliphatic heterocycles. The molecule has 7 nitrogen and oxygen atoms in total. The molecule has 23 heavy (non-hydrogen) atoms. The molecule has 1 aromatic heterocycles. The number of hydrogen-bond donors (Lipinski definition) is 2. The van der Waals surface area contributed by atoms with Crippen molar-refractivity contribution in [2.75, 3.05) is 10.6 Å². The second-order valence-corrected chi connectivity index (χ2v) is 5.94. The summed E-state index contributed by atoms with van der Waals surface area (Å²) in [6, 6.07) is 4.01. The summed E-state index contributed by atoms with van der Waals surface area (Å²) < 4.78 is 1.45. The Balaban J connectivity index is 1.73. The van der Waals surface area contributed by atoms with Gasteiger partial charge in [-0.15, -0.1) is 0 Å². The lowest BCUT2D eigenvalue weighted by molar-refractivity contribution is -0.123. The first-order valence-corrected chi connectivity index (χ1v) is 7.74. The molecule has 0 saturated carbocycles. The van der Waals surface area contributed by atoms with Gasteiger partial charge in [0.1, 0.15) is 6.04 Å². The highest BCUT2D eigenvalue weighted by atomic mass is 35.5. The number of hydrogen-bond acceptors (Lipinski definition) is 4. The molecule has 2 aromatic rings. The van der Waals surface area contributed by atoms with Crippen LogP contribution in [0.1, 0.15) is 25.2 Å². The number of carbonyl (C=O) groups excluding carboxylic acids is 2. The van der Waals surface area contributed by atoms with E-state index >= 15 is 0 Å². The summed E-state index contributed by atoms with van der Waals surface area (Å²) in [5.74, 6) is 0.342. The molecular weight excluding hydrogens is 341 g/mol. The van der Waals surface area contributed by atoms with Gasteiger partial charge in [-0.05, 0) is 18.2 Å². The van der Waals surface area contributed by atoms with E-state index in [2.05, 4.69) is 20.7 Å². The Kier molecular flexibility index (Phi) is 4.23. The third-order valence-electron chi connectivity index (χ3n) is 3.35. The number of benzene rings is 1. The minimum Gasteiger partial charge on any atom is -0.326 e. The van der Waals surface area contributed by atoms with Gasteiger partial charge in [-0.2, -0.15) is 10.1 Å². The van der Waals surface area contributed by atoms with Crippen molar-refractivity contribution >= 4 is 46.7 Å². The molecular formula is C14H13Cl2N5O2. The van der Waals surface area contributed by atoms with Gasteiger partial charge in [0.05, 0.1) is 6.42 Å². The van der Waals surface area contributed by atoms with E-state index in [9.17, 15) is 9.59 Å². The van der Waals surface area contributed by atoms with Crippen LogP contribution in [0.25, 0.3) is 0 Å². The van der Waals surface area contributed by atoms with E-state index in [0.29, 0.717) is 33.9 Å². The van der Waals surface area contributed by atoms with Crippen molar-refractivity contribution in [2.45, 2.75) is 25.8 Å². The van der Waals surface area contributed by atoms with E-state index < -0.39 is 6.04 Å². The number of halogens is 2. The summed E-state index contributed by atoms with van der Waals surface area (Å²) in [6.45, 7) is 1.91. The van der Waals surface area contributed by atoms with Crippen LogP contribution in [0.15, 0.2) is 18.2 Å². The van der Waals surface area contributed by atoms with E-state index in [0.717, 1.165) is 0 Å². The molecule has 1 atom stereocenters. The highest BCUT2D eigenvalue weighted by Crippen LogP contribution is 2.26. The van der Waals surface area contributed by atoms with Crippen LogP contribution < -0.4 is 10.6 Å². The van der Waals surface area contributed by atoms with Crippen molar-refractivity contribution < 1.29 is 9.59 Å². The Morgan fingerprint density at radius 2 is 2.04 bits per heavy atom. The highest BCUT2D eigenvalue weighted by Gasteiger charge is 2.34. The van der Waals surface area contributed by atoms with Gasteiger partial charge in [0.15, 0.2) is 5.82 Å². The Morgan fingerprint density at radius 1 is 1.35 bits per heavy atom. The fourth-order valence-corrected chi connectivity index (χ4v) is 2.84. The van der Waals surface area contributed by atoms with Gasteiger partial charge < -0.3 is 5.32 Å². The summed E-state index contributed by atoms with van der Waals surface area (Å²) in [6.07, 6.45) is 0.589. The second-order valence-electron chi connectivity index (χ2n) is 5.07. The average Bonchev–Trinajstić information content (AvgIpc) is 2.97. The van der Waals surface area contributed by atoms with Crippen molar-refractivity contribution in [1.29, 1.82) is 0 Å². The van der Waals surface area contributed by atoms with E-state index in [-0.39, 0.29) is 18.2 Å². The maximum atomic E-state index is 12.2. The molecule has 0 radical (unpaired) electrons. The normalized spacial score (nSPS) is 16.1. The van der Waals surface area contributed by atoms with Gasteiger partial charge in [0.25, 0.3) is 5.91 Å². The van der Waals surface area contributed by atoms with Gasteiger partial charge in [0, 0.05) is 22.2 Å². The topological polar surface area (TPSA) is 88.9 Å². The van der Waals surface area contributed by atoms with Crippen LogP contribution in [0.3, 0.4) is 0 Å². The van der Waals surface area contributed by atoms with Crippen molar-refractivity contribution in [2.24, 2.45) is 0 Å². The van der Waals surface area contributed by atoms with Crippen LogP contribution in [0.5, 0.6) is 0 Å². The third-order valence-corrected chi connectivity index (χ3v) is 3.79. The molecule has 2 heterocycles. The predicted molar refractivity (Wildman–Crippen MR) is 86.8 cm³/mol. The molecule has 1 aliphatic rings. The molecule has 0 unspecified atom stereocenters. The maximum Gasteiger partial charge on any atom is 0.252 e. The van der Waals surface area contributed by atoms with Crippen molar-refractivity contribution in [3.05, 3.63) is 34.1 Å². The maximum absolute atomic E-state index is 12.2. The number of carbonyl (C=O) groups is 2. The zero-order valence-electron chi connectivity index (χ0n) is 12.1. The molecule has 2 N–H and O–H groups in total. The minimum atomic E-state index is -0.715. The van der Waals surface area contributed by atoms with E-state index in [4.69, 9.17) is 23.2 Å². The molecule has 0 spiro atoms. The quantitative estimate of drug-likeness (QED) is 0.884. The number of nitrogens with zero attached hydrogens (tertiary/aromatic N) is 3. The van der Waals surface area contributed by atoms with Crippen LogP contribution in [0, 0.1) is 0 Å². The Labute approximate surface area is 142 Å². The van der Waals surface area contributed by atoms with Crippen molar-refractivity contribution in [1.82, 2.24) is 14.8 Å². The number of anilines is 2. The van der Waals surface area contributed by atoms with Gasteiger partial charge in [-0.1, -0.05) is 30.1 Å². The highest BCUT2D eigenvalue weighted by molar-refractivity contribution is 6.35. The Bertz CT molecular complexity index is 769. The SMILES string of the molecule is CCc1nc2n(n1)[C@@H](CC(=O)Nc1cc(Cl)cc(Cl)c1)C(=O)N2. The number of aryl methyl sites for hydroxylation is 1. The predicted octanol–water partition coefficient (Wildman–Crippen LogP) is 2.67. The minimum absolute atomic E-state index is 0.0600. The molecule has 0 fully saturated rings. The zero-order valence-corrected chi connectivity index (χ0v) is 13.6. The lowest BCUT2D eigenvalue weighted by Crippen LogP contribution is -2.24. The summed E-state index contributed by atoms with van der Waals surface area (Å²) in [5, 5.41) is 10.3. The average molecular weight is 354 g/mol. The smallest absolute Gasteiger partial charge is 0.252 e. The first-order valence-electron chi connectivity index (χ1n) is 6.98. The van der Waals surface area contributed by atoms with Gasteiger partial charge in [-0.25, -0.2) is 4.68 Å². The van der Waals surface area contributed by atoms with E-state index in [1.165, 1.54) is 4.68 Å². The Hall–Kier alpha value is -2.12. The molecule has 3 rings (SSSR count). The number of amides is 2. The first-order chi connectivity index (χ1) is 11.0. The molecule has 9 heteroatoms. The van der Waals surface area contributed by atoms with E-state index in [1.807, 2.05) is 6.92 Å². The van der Waals surface area contributed by atoms with Crippen molar-refractivity contribution in [3.63, 3.8) is 0 Å². The monoisotopic (exact) mass is 353 g/mol. The third kappa shape index (κ3) is 3.30. The van der Waals surface area contributed by atoms with Gasteiger partial charge in [0.2, 0.25) is 11.9 Å². The number of nitrogens with one attached hydrogen (secondary N) is 2. The fourth-order valence-electron chi connectivity index (χ4n) is 2.32. The lowest BCUT2D eigenvalue weighted by Gasteiger charge is -2.10. The number of rotatable bonds is 4. The van der Waals surface area contributed by atoms with Gasteiger partial charge in [-0.3, -0.25) is 14.9 Å². The Morgan fingerprint density at radius 3 is 2.70 bits per heavy atom. The largest absolute Gasteiger partial charge is 0.326 e. The summed E-state index contributed by atoms with van der Waals surface area (Å²) >= 11 is 11.8. The van der Waals surface area contributed by atoms with Crippen LogP contribution >= 0.6 is 23.2 Å². The second kappa shape index (κ2) is 6.17. The molecule has 0 bridgehead atoms. The first kappa shape index (κ1) is 15.8. The number of aromatic nitrogens is 3. The molecule has 0 saturated heterocycles. The fraction of sp³-hybridized carbons (Fsp3) is 0.286. The number of fused-ring (bicyclic) bond motifs is 1. The van der Waals surface area contributed by atoms with Crippen LogP contribution in [-0.2, 0) is 16.0 Å². The summed E-state index contributed by atoms with van der Waals surface area (Å²) in [5.41, 5.74) is 0.471. The van der Waals surface area contributed by atoms with Crippen LogP contribution in [0.4, 0.5) is 11.6 Å². The molecule has 0 aliphatic carbocycles. The van der Waals surface area contributed by atoms with Crippen molar-refractivity contribution in [3.8, 4) is 0 Å². The molecule has 1 aromatic carbocycles. The zero-order chi connectivity index (χ0) is 16.6. The lowest BCUT2D eigenvalue weighted by atomic mass is 10.2. The standard InChI is InChI=1S/C14H13Cl2N5O2/c1-2-11-18-14-19-13(23)10(21(14)20-11)6-12(22)17-9-4-7(15)3-8(16)5-9/h3-5,10H,2,6H2,1H3,(H,17,22)(H,18,19,20,23)/t10-/m0/s1.